The van der Waals surface area contributed by atoms with Crippen LogP contribution in [0.1, 0.15) is 53.7 Å². The molecular weight excluding hydrogens is 424 g/mol. The van der Waals surface area contributed by atoms with Crippen LogP contribution >= 0.6 is 22.7 Å². The van der Waals surface area contributed by atoms with E-state index in [0.29, 0.717) is 11.9 Å². The summed E-state index contributed by atoms with van der Waals surface area (Å²) in [6.07, 6.45) is 4.59. The Morgan fingerprint density at radius 2 is 1.90 bits per heavy atom. The summed E-state index contributed by atoms with van der Waals surface area (Å²) in [6.45, 7) is 10.8. The lowest BCUT2D eigenvalue weighted by Crippen LogP contribution is -2.16. The van der Waals surface area contributed by atoms with Crippen molar-refractivity contribution in [3.8, 4) is 10.6 Å². The Bertz CT molecular complexity index is 932. The van der Waals surface area contributed by atoms with E-state index in [4.69, 9.17) is 20.7 Å². The molecule has 3 rings (SSSR count). The second-order valence-corrected chi connectivity index (χ2v) is 10.1. The van der Waals surface area contributed by atoms with Crippen molar-refractivity contribution in [3.63, 3.8) is 0 Å². The Labute approximate surface area is 193 Å². The lowest BCUT2D eigenvalue weighted by atomic mass is 9.98. The zero-order valence-electron chi connectivity index (χ0n) is 19.0. The topological polar surface area (TPSA) is 88.8 Å². The van der Waals surface area contributed by atoms with Gasteiger partial charge in [-0.25, -0.2) is 9.97 Å². The molecule has 0 saturated carbocycles. The molecule has 6 nitrogen and oxygen atoms in total. The number of nitrogens with one attached hydrogen (secondary N) is 2. The number of hydrogen-bond acceptors (Lipinski definition) is 8. The number of hydrogen-bond donors (Lipinski definition) is 3. The maximum Gasteiger partial charge on any atom is 0.225 e. The predicted octanol–water partition coefficient (Wildman–Crippen LogP) is 5.77. The van der Waals surface area contributed by atoms with Crippen LogP contribution in [0.2, 0.25) is 0 Å². The van der Waals surface area contributed by atoms with Crippen molar-refractivity contribution < 1.29 is 0 Å². The van der Waals surface area contributed by atoms with Crippen molar-refractivity contribution in [3.05, 3.63) is 38.7 Å². The highest BCUT2D eigenvalue weighted by molar-refractivity contribution is 7.15. The minimum Gasteiger partial charge on any atom is -0.369 e. The molecule has 3 heterocycles. The summed E-state index contributed by atoms with van der Waals surface area (Å²) in [7, 11) is 0. The lowest BCUT2D eigenvalue weighted by molar-refractivity contribution is 0.447. The van der Waals surface area contributed by atoms with Gasteiger partial charge in [-0.05, 0) is 63.9 Å². The number of anilines is 2. The molecule has 0 spiro atoms. The Hall–Kier alpha value is -2.03. The fraction of sp³-hybridized carbons (Fsp3) is 0.522. The number of nitrogens with two attached hydrogens (primary N) is 1. The molecule has 31 heavy (non-hydrogen) atoms. The van der Waals surface area contributed by atoms with Crippen molar-refractivity contribution in [2.24, 2.45) is 11.7 Å². The first kappa shape index (κ1) is 23.6. The first-order valence-electron chi connectivity index (χ1n) is 11.0. The second-order valence-electron chi connectivity index (χ2n) is 7.91. The lowest BCUT2D eigenvalue weighted by Gasteiger charge is -2.16. The van der Waals surface area contributed by atoms with E-state index in [9.17, 15) is 0 Å². The van der Waals surface area contributed by atoms with Gasteiger partial charge in [-0.15, -0.1) is 22.7 Å². The summed E-state index contributed by atoms with van der Waals surface area (Å²) in [5, 5.41) is 10.0. The van der Waals surface area contributed by atoms with E-state index in [1.807, 2.05) is 6.92 Å². The van der Waals surface area contributed by atoms with Gasteiger partial charge < -0.3 is 16.4 Å². The van der Waals surface area contributed by atoms with E-state index in [-0.39, 0.29) is 0 Å². The van der Waals surface area contributed by atoms with E-state index < -0.39 is 0 Å². The molecular formula is C23H34N6S2. The molecule has 0 aliphatic heterocycles. The van der Waals surface area contributed by atoms with Crippen molar-refractivity contribution in [1.82, 2.24) is 15.0 Å². The highest BCUT2D eigenvalue weighted by atomic mass is 32.1. The molecule has 0 bridgehead atoms. The predicted molar refractivity (Wildman–Crippen MR) is 134 cm³/mol. The molecule has 0 amide bonds. The van der Waals surface area contributed by atoms with Crippen LogP contribution in [0, 0.1) is 26.7 Å². The van der Waals surface area contributed by atoms with E-state index >= 15 is 0 Å². The van der Waals surface area contributed by atoms with Gasteiger partial charge in [0.05, 0.1) is 23.5 Å². The highest BCUT2D eigenvalue weighted by Gasteiger charge is 2.18. The number of thiazole rings is 1. The molecule has 8 heteroatoms. The summed E-state index contributed by atoms with van der Waals surface area (Å²) in [4.78, 5) is 16.8. The van der Waals surface area contributed by atoms with E-state index in [1.165, 1.54) is 22.6 Å². The number of nitrogens with zero attached hydrogens (tertiary/aromatic N) is 3. The first-order valence-corrected chi connectivity index (χ1v) is 12.7. The van der Waals surface area contributed by atoms with Crippen LogP contribution in [0.15, 0.2) is 17.5 Å². The molecule has 3 aromatic heterocycles. The summed E-state index contributed by atoms with van der Waals surface area (Å²) in [5.74, 6) is 2.10. The third-order valence-electron chi connectivity index (χ3n) is 5.44. The van der Waals surface area contributed by atoms with Gasteiger partial charge in [-0.3, -0.25) is 0 Å². The van der Waals surface area contributed by atoms with Crippen molar-refractivity contribution in [2.75, 3.05) is 23.7 Å². The van der Waals surface area contributed by atoms with Crippen LogP contribution in [-0.2, 0) is 6.54 Å². The molecule has 3 aromatic rings. The van der Waals surface area contributed by atoms with Crippen LogP contribution in [0.4, 0.5) is 11.8 Å². The van der Waals surface area contributed by atoms with E-state index in [2.05, 4.69) is 48.9 Å². The van der Waals surface area contributed by atoms with Crippen LogP contribution < -0.4 is 16.4 Å². The van der Waals surface area contributed by atoms with Gasteiger partial charge in [0.2, 0.25) is 5.95 Å². The zero-order valence-corrected chi connectivity index (χ0v) is 20.6. The third-order valence-corrected chi connectivity index (χ3v) is 7.41. The SMILES string of the molecule is CCCC(CN)CCCNc1nc(NCc2cccs2)nc(C)c1-c1nc(C)c(C)s1. The van der Waals surface area contributed by atoms with Crippen LogP contribution in [0.25, 0.3) is 10.6 Å². The summed E-state index contributed by atoms with van der Waals surface area (Å²) in [5.41, 5.74) is 8.93. The normalized spacial score (nSPS) is 12.2. The minimum absolute atomic E-state index is 0.602. The number of thiophene rings is 1. The summed E-state index contributed by atoms with van der Waals surface area (Å²) >= 11 is 3.43. The molecule has 0 fully saturated rings. The van der Waals surface area contributed by atoms with Gasteiger partial charge in [-0.2, -0.15) is 4.98 Å². The third kappa shape index (κ3) is 6.48. The number of rotatable bonds is 12. The van der Waals surface area contributed by atoms with Gasteiger partial charge in [0.15, 0.2) is 0 Å². The van der Waals surface area contributed by atoms with Crippen molar-refractivity contribution in [2.45, 2.75) is 59.9 Å². The second kappa shape index (κ2) is 11.5. The maximum atomic E-state index is 5.93. The number of aryl methyl sites for hydroxylation is 3. The Morgan fingerprint density at radius 3 is 2.55 bits per heavy atom. The highest BCUT2D eigenvalue weighted by Crippen LogP contribution is 2.34. The molecule has 0 aliphatic rings. The fourth-order valence-electron chi connectivity index (χ4n) is 3.58. The van der Waals surface area contributed by atoms with Gasteiger partial charge in [0.25, 0.3) is 0 Å². The van der Waals surface area contributed by atoms with Gasteiger partial charge in [0, 0.05) is 16.3 Å². The molecule has 0 aromatic carbocycles. The van der Waals surface area contributed by atoms with Gasteiger partial charge in [-0.1, -0.05) is 19.4 Å². The maximum absolute atomic E-state index is 5.93. The number of aromatic nitrogens is 3. The van der Waals surface area contributed by atoms with E-state index in [0.717, 1.165) is 60.3 Å². The largest absolute Gasteiger partial charge is 0.369 e. The van der Waals surface area contributed by atoms with Gasteiger partial charge >= 0.3 is 0 Å². The minimum atomic E-state index is 0.602. The standard InChI is InChI=1S/C23H34N6S2/c1-5-8-18(13-24)9-6-11-25-21-20(22-27-15(2)17(4)31-22)16(3)28-23(29-21)26-14-19-10-7-12-30-19/h7,10,12,18H,5-6,8-9,11,13-14,24H2,1-4H3,(H2,25,26,28,29). The average molecular weight is 459 g/mol. The molecule has 168 valence electrons. The smallest absolute Gasteiger partial charge is 0.225 e. The molecule has 0 radical (unpaired) electrons. The van der Waals surface area contributed by atoms with E-state index in [1.54, 1.807) is 22.7 Å². The zero-order chi connectivity index (χ0) is 22.2. The summed E-state index contributed by atoms with van der Waals surface area (Å²) in [6, 6.07) is 4.17. The molecule has 1 unspecified atom stereocenters. The monoisotopic (exact) mass is 458 g/mol. The Morgan fingerprint density at radius 1 is 1.06 bits per heavy atom. The van der Waals surface area contributed by atoms with Crippen molar-refractivity contribution >= 4 is 34.4 Å². The Kier molecular flexibility index (Phi) is 8.80. The molecule has 1 atom stereocenters. The molecule has 4 N–H and O–H groups in total. The first-order chi connectivity index (χ1) is 15.0. The van der Waals surface area contributed by atoms with Crippen molar-refractivity contribution in [1.29, 1.82) is 0 Å². The molecule has 0 saturated heterocycles. The van der Waals surface area contributed by atoms with Crippen LogP contribution in [-0.4, -0.2) is 28.0 Å². The van der Waals surface area contributed by atoms with Crippen LogP contribution in [0.5, 0.6) is 0 Å². The Balaban J connectivity index is 1.78. The summed E-state index contributed by atoms with van der Waals surface area (Å²) < 4.78 is 0. The van der Waals surface area contributed by atoms with Crippen LogP contribution in [0.3, 0.4) is 0 Å². The average Bonchev–Trinajstić information content (AvgIpc) is 3.38. The fourth-order valence-corrected chi connectivity index (χ4v) is 5.24. The van der Waals surface area contributed by atoms with Gasteiger partial charge in [0.1, 0.15) is 10.8 Å². The quantitative estimate of drug-likeness (QED) is 0.299. The molecule has 0 aliphatic carbocycles.